The Labute approximate surface area is 101 Å². The van der Waals surface area contributed by atoms with Gasteiger partial charge >= 0.3 is 11.9 Å². The molecule has 3 N–H and O–H groups in total. The number of aliphatic hydroxyl groups is 1. The summed E-state index contributed by atoms with van der Waals surface area (Å²) in [7, 11) is 0. The molecule has 0 aromatic rings. The Morgan fingerprint density at radius 2 is 1.53 bits per heavy atom. The van der Waals surface area contributed by atoms with Crippen molar-refractivity contribution in [3.63, 3.8) is 0 Å². The molecule has 0 spiro atoms. The van der Waals surface area contributed by atoms with E-state index in [2.05, 4.69) is 0 Å². The predicted octanol–water partition coefficient (Wildman–Crippen LogP) is 1.88. The molecule has 0 aromatic carbocycles. The molecule has 0 bridgehead atoms. The van der Waals surface area contributed by atoms with Gasteiger partial charge in [0.1, 0.15) is 0 Å². The summed E-state index contributed by atoms with van der Waals surface area (Å²) >= 11 is 0. The van der Waals surface area contributed by atoms with Gasteiger partial charge in [0.05, 0.1) is 6.10 Å². The summed E-state index contributed by atoms with van der Waals surface area (Å²) < 4.78 is 0. The van der Waals surface area contributed by atoms with Crippen LogP contribution in [-0.4, -0.2) is 33.4 Å². The first-order chi connectivity index (χ1) is 7.93. The van der Waals surface area contributed by atoms with Crippen LogP contribution in [0.3, 0.4) is 0 Å². The summed E-state index contributed by atoms with van der Waals surface area (Å²) in [4.78, 5) is 20.7. The van der Waals surface area contributed by atoms with Crippen LogP contribution >= 0.6 is 0 Å². The van der Waals surface area contributed by atoms with Crippen molar-refractivity contribution in [1.82, 2.24) is 0 Å². The van der Waals surface area contributed by atoms with Gasteiger partial charge in [-0.05, 0) is 32.1 Å². The first kappa shape index (κ1) is 15.9. The van der Waals surface area contributed by atoms with Gasteiger partial charge in [-0.2, -0.15) is 0 Å². The summed E-state index contributed by atoms with van der Waals surface area (Å²) in [6.07, 6.45) is 3.26. The van der Waals surface area contributed by atoms with Crippen molar-refractivity contribution in [2.24, 2.45) is 5.92 Å². The maximum atomic E-state index is 10.4. The number of carbonyl (C=O) groups is 2. The van der Waals surface area contributed by atoms with E-state index in [1.165, 1.54) is 0 Å². The third-order valence-electron chi connectivity index (χ3n) is 2.88. The zero-order valence-electron chi connectivity index (χ0n) is 10.3. The molecule has 0 radical (unpaired) electrons. The highest BCUT2D eigenvalue weighted by molar-refractivity contribution is 5.66. The zero-order valence-corrected chi connectivity index (χ0v) is 10.3. The van der Waals surface area contributed by atoms with Crippen LogP contribution in [0, 0.1) is 5.92 Å². The lowest BCUT2D eigenvalue weighted by atomic mass is 9.91. The average Bonchev–Trinajstić information content (AvgIpc) is 2.20. The smallest absolute Gasteiger partial charge is 0.303 e. The molecule has 5 nitrogen and oxygen atoms in total. The zero-order chi connectivity index (χ0) is 13.3. The van der Waals surface area contributed by atoms with Gasteiger partial charge in [0.15, 0.2) is 0 Å². The number of carboxylic acids is 2. The van der Waals surface area contributed by atoms with Crippen molar-refractivity contribution < 1.29 is 24.9 Å². The normalized spacial score (nSPS) is 14.2. The Hall–Kier alpha value is -1.10. The van der Waals surface area contributed by atoms with Crippen LogP contribution in [0.5, 0.6) is 0 Å². The number of carboxylic acid groups (broad SMARTS) is 2. The van der Waals surface area contributed by atoms with Crippen molar-refractivity contribution in [2.45, 2.75) is 58.0 Å². The fraction of sp³-hybridized carbons (Fsp3) is 0.833. The molecule has 2 unspecified atom stereocenters. The van der Waals surface area contributed by atoms with Crippen molar-refractivity contribution in [1.29, 1.82) is 0 Å². The van der Waals surface area contributed by atoms with Crippen LogP contribution in [0.1, 0.15) is 51.9 Å². The molecule has 0 fully saturated rings. The van der Waals surface area contributed by atoms with E-state index in [4.69, 9.17) is 10.2 Å². The number of hydrogen-bond donors (Lipinski definition) is 3. The fourth-order valence-corrected chi connectivity index (χ4v) is 1.80. The van der Waals surface area contributed by atoms with Crippen LogP contribution in [0.4, 0.5) is 0 Å². The third kappa shape index (κ3) is 9.81. The van der Waals surface area contributed by atoms with Crippen LogP contribution in [-0.2, 0) is 9.59 Å². The number of aliphatic hydroxyl groups excluding tert-OH is 1. The molecule has 0 aliphatic heterocycles. The SMILES string of the molecule is CC(O)C(CCCCCC(=O)O)CCC(=O)O. The van der Waals surface area contributed by atoms with Crippen molar-refractivity contribution in [3.8, 4) is 0 Å². The number of aliphatic carboxylic acids is 2. The molecule has 100 valence electrons. The number of hydrogen-bond acceptors (Lipinski definition) is 3. The Morgan fingerprint density at radius 1 is 0.941 bits per heavy atom. The minimum atomic E-state index is -0.846. The van der Waals surface area contributed by atoms with Crippen molar-refractivity contribution >= 4 is 11.9 Å². The summed E-state index contributed by atoms with van der Waals surface area (Å²) in [5, 5.41) is 26.5. The maximum Gasteiger partial charge on any atom is 0.303 e. The van der Waals surface area contributed by atoms with Gasteiger partial charge in [-0.15, -0.1) is 0 Å². The van der Waals surface area contributed by atoms with Crippen LogP contribution < -0.4 is 0 Å². The predicted molar refractivity (Wildman–Crippen MR) is 62.8 cm³/mol. The van der Waals surface area contributed by atoms with E-state index >= 15 is 0 Å². The van der Waals surface area contributed by atoms with Gasteiger partial charge in [0.2, 0.25) is 0 Å². The highest BCUT2D eigenvalue weighted by Gasteiger charge is 2.15. The van der Waals surface area contributed by atoms with E-state index in [-0.39, 0.29) is 18.8 Å². The lowest BCUT2D eigenvalue weighted by Crippen LogP contribution is -2.18. The standard InChI is InChI=1S/C12H22O5/c1-9(13)10(7-8-12(16)17)5-3-2-4-6-11(14)15/h9-10,13H,2-8H2,1H3,(H,14,15)(H,16,17). The van der Waals surface area contributed by atoms with E-state index in [0.717, 1.165) is 19.3 Å². The highest BCUT2D eigenvalue weighted by Crippen LogP contribution is 2.19. The van der Waals surface area contributed by atoms with E-state index in [9.17, 15) is 14.7 Å². The van der Waals surface area contributed by atoms with Gasteiger partial charge in [0, 0.05) is 12.8 Å². The second-order valence-electron chi connectivity index (χ2n) is 4.43. The number of rotatable bonds is 10. The number of unbranched alkanes of at least 4 members (excludes halogenated alkanes) is 2. The van der Waals surface area contributed by atoms with E-state index in [1.54, 1.807) is 6.92 Å². The van der Waals surface area contributed by atoms with Gasteiger partial charge < -0.3 is 15.3 Å². The molecular formula is C12H22O5. The van der Waals surface area contributed by atoms with Crippen LogP contribution in [0.15, 0.2) is 0 Å². The second-order valence-corrected chi connectivity index (χ2v) is 4.43. The Kier molecular flexibility index (Phi) is 8.40. The summed E-state index contributed by atoms with van der Waals surface area (Å²) in [6.45, 7) is 1.67. The largest absolute Gasteiger partial charge is 0.481 e. The minimum Gasteiger partial charge on any atom is -0.481 e. The summed E-state index contributed by atoms with van der Waals surface area (Å²) in [5.74, 6) is -1.64. The molecule has 0 aliphatic carbocycles. The first-order valence-corrected chi connectivity index (χ1v) is 6.05. The summed E-state index contributed by atoms with van der Waals surface area (Å²) in [5.41, 5.74) is 0. The molecule has 0 rings (SSSR count). The monoisotopic (exact) mass is 246 g/mol. The Morgan fingerprint density at radius 3 is 2.00 bits per heavy atom. The molecule has 5 heteroatoms. The topological polar surface area (TPSA) is 94.8 Å². The molecule has 0 amide bonds. The lowest BCUT2D eigenvalue weighted by Gasteiger charge is -2.18. The molecule has 2 atom stereocenters. The quantitative estimate of drug-likeness (QED) is 0.511. The van der Waals surface area contributed by atoms with Crippen molar-refractivity contribution in [3.05, 3.63) is 0 Å². The van der Waals surface area contributed by atoms with Crippen LogP contribution in [0.25, 0.3) is 0 Å². The third-order valence-corrected chi connectivity index (χ3v) is 2.88. The molecule has 0 saturated carbocycles. The van der Waals surface area contributed by atoms with Gasteiger partial charge in [-0.3, -0.25) is 9.59 Å². The first-order valence-electron chi connectivity index (χ1n) is 6.05. The summed E-state index contributed by atoms with van der Waals surface area (Å²) in [6, 6.07) is 0. The molecule has 17 heavy (non-hydrogen) atoms. The maximum absolute atomic E-state index is 10.4. The second kappa shape index (κ2) is 8.98. The van der Waals surface area contributed by atoms with E-state index in [0.29, 0.717) is 12.8 Å². The van der Waals surface area contributed by atoms with Crippen molar-refractivity contribution in [2.75, 3.05) is 0 Å². The van der Waals surface area contributed by atoms with Crippen LogP contribution in [0.2, 0.25) is 0 Å². The lowest BCUT2D eigenvalue weighted by molar-refractivity contribution is -0.138. The molecule has 0 aliphatic rings. The molecule has 0 saturated heterocycles. The molecule has 0 heterocycles. The van der Waals surface area contributed by atoms with Gasteiger partial charge in [-0.1, -0.05) is 12.8 Å². The van der Waals surface area contributed by atoms with Gasteiger partial charge in [0.25, 0.3) is 0 Å². The van der Waals surface area contributed by atoms with E-state index < -0.39 is 18.0 Å². The average molecular weight is 246 g/mol. The Balaban J connectivity index is 3.70. The Bertz CT molecular complexity index is 237. The molecular weight excluding hydrogens is 224 g/mol. The highest BCUT2D eigenvalue weighted by atomic mass is 16.4. The minimum absolute atomic E-state index is 0.00377. The van der Waals surface area contributed by atoms with E-state index in [1.807, 2.05) is 0 Å². The molecule has 0 aromatic heterocycles. The van der Waals surface area contributed by atoms with Gasteiger partial charge in [-0.25, -0.2) is 0 Å². The fourth-order valence-electron chi connectivity index (χ4n) is 1.80.